The topological polar surface area (TPSA) is 108 Å². The molecule has 0 saturated heterocycles. The fourth-order valence-corrected chi connectivity index (χ4v) is 4.09. The average Bonchev–Trinajstić information content (AvgIpc) is 2.94. The molecule has 1 amide bonds. The van der Waals surface area contributed by atoms with E-state index in [1.165, 1.54) is 24.5 Å². The average molecular weight is 565 g/mol. The molecule has 0 atom stereocenters. The molecule has 2 aromatic heterocycles. The normalized spacial score (nSPS) is 10.9. The molecule has 0 aliphatic rings. The SMILES string of the molecule is CNc1ncnc(-c2cccnc2Oc2ccc(F)c(C(=O)Nc3cc(Cl)ccc3N(C)CCCN(C)C)c2)n1. The molecule has 0 unspecified atom stereocenters. The second-order valence-corrected chi connectivity index (χ2v) is 9.61. The first-order valence-corrected chi connectivity index (χ1v) is 12.9. The number of benzene rings is 2. The van der Waals surface area contributed by atoms with E-state index in [0.29, 0.717) is 28.0 Å². The van der Waals surface area contributed by atoms with Gasteiger partial charge in [0.15, 0.2) is 5.82 Å². The number of anilines is 3. The van der Waals surface area contributed by atoms with Crippen LogP contribution in [-0.2, 0) is 0 Å². The predicted octanol–water partition coefficient (Wildman–Crippen LogP) is 5.20. The summed E-state index contributed by atoms with van der Waals surface area (Å²) in [5, 5.41) is 6.11. The van der Waals surface area contributed by atoms with Crippen molar-refractivity contribution < 1.29 is 13.9 Å². The van der Waals surface area contributed by atoms with Gasteiger partial charge in [0, 0.05) is 31.9 Å². The van der Waals surface area contributed by atoms with Gasteiger partial charge in [0.05, 0.1) is 22.5 Å². The Morgan fingerprint density at radius 2 is 1.88 bits per heavy atom. The molecule has 2 aromatic carbocycles. The van der Waals surface area contributed by atoms with E-state index in [9.17, 15) is 9.18 Å². The third-order valence-corrected chi connectivity index (χ3v) is 6.16. The Kier molecular flexibility index (Phi) is 9.41. The van der Waals surface area contributed by atoms with Crippen LogP contribution in [0.5, 0.6) is 11.6 Å². The molecule has 0 aliphatic carbocycles. The van der Waals surface area contributed by atoms with Gasteiger partial charge in [-0.25, -0.2) is 19.3 Å². The molecule has 10 nitrogen and oxygen atoms in total. The zero-order valence-corrected chi connectivity index (χ0v) is 23.4. The first kappa shape index (κ1) is 28.7. The number of nitrogens with one attached hydrogen (secondary N) is 2. The Morgan fingerprint density at radius 1 is 1.05 bits per heavy atom. The lowest BCUT2D eigenvalue weighted by Gasteiger charge is -2.24. The van der Waals surface area contributed by atoms with Crippen LogP contribution >= 0.6 is 11.6 Å². The number of rotatable bonds is 11. The molecular weight excluding hydrogens is 535 g/mol. The molecule has 2 N–H and O–H groups in total. The molecular formula is C28H30ClFN8O2. The molecule has 0 fully saturated rings. The molecule has 4 rings (SSSR count). The molecule has 0 saturated carbocycles. The first-order valence-electron chi connectivity index (χ1n) is 12.5. The zero-order chi connectivity index (χ0) is 28.6. The van der Waals surface area contributed by atoms with E-state index >= 15 is 0 Å². The van der Waals surface area contributed by atoms with Crippen LogP contribution in [0.15, 0.2) is 61.1 Å². The number of hydrogen-bond donors (Lipinski definition) is 2. The molecule has 0 aliphatic heterocycles. The Labute approximate surface area is 237 Å². The third-order valence-electron chi connectivity index (χ3n) is 5.92. The van der Waals surface area contributed by atoms with E-state index in [2.05, 4.69) is 35.5 Å². The Bertz CT molecular complexity index is 1490. The number of nitrogens with zero attached hydrogens (tertiary/aromatic N) is 6. The van der Waals surface area contributed by atoms with Crippen LogP contribution in [0, 0.1) is 5.82 Å². The van der Waals surface area contributed by atoms with Gasteiger partial charge in [-0.2, -0.15) is 4.98 Å². The highest BCUT2D eigenvalue weighted by molar-refractivity contribution is 6.31. The summed E-state index contributed by atoms with van der Waals surface area (Å²) in [6.45, 7) is 1.67. The number of hydrogen-bond acceptors (Lipinski definition) is 9. The second-order valence-electron chi connectivity index (χ2n) is 9.18. The van der Waals surface area contributed by atoms with E-state index in [-0.39, 0.29) is 17.2 Å². The first-order chi connectivity index (χ1) is 19.2. The highest BCUT2D eigenvalue weighted by Crippen LogP contribution is 2.32. The number of pyridine rings is 1. The van der Waals surface area contributed by atoms with Gasteiger partial charge in [0.25, 0.3) is 5.91 Å². The maximum Gasteiger partial charge on any atom is 0.258 e. The molecule has 40 heavy (non-hydrogen) atoms. The van der Waals surface area contributed by atoms with Gasteiger partial charge in [-0.1, -0.05) is 11.6 Å². The van der Waals surface area contributed by atoms with Crippen molar-refractivity contribution in [2.45, 2.75) is 6.42 Å². The van der Waals surface area contributed by atoms with Crippen molar-refractivity contribution in [2.75, 3.05) is 56.8 Å². The quantitative estimate of drug-likeness (QED) is 0.254. The monoisotopic (exact) mass is 564 g/mol. The van der Waals surface area contributed by atoms with Gasteiger partial charge in [-0.15, -0.1) is 0 Å². The van der Waals surface area contributed by atoms with Crippen molar-refractivity contribution in [1.29, 1.82) is 0 Å². The summed E-state index contributed by atoms with van der Waals surface area (Å²) in [5.74, 6) is -0.239. The van der Waals surface area contributed by atoms with E-state index in [1.807, 2.05) is 32.1 Å². The minimum atomic E-state index is -0.704. The summed E-state index contributed by atoms with van der Waals surface area (Å²) in [6, 6.07) is 12.6. The molecule has 4 aromatic rings. The molecule has 0 bridgehead atoms. The predicted molar refractivity (Wildman–Crippen MR) is 155 cm³/mol. The number of aromatic nitrogens is 4. The van der Waals surface area contributed by atoms with Crippen molar-refractivity contribution in [2.24, 2.45) is 0 Å². The Balaban J connectivity index is 1.57. The van der Waals surface area contributed by atoms with Crippen LogP contribution in [0.25, 0.3) is 11.4 Å². The number of halogens is 2. The fraction of sp³-hybridized carbons (Fsp3) is 0.250. The van der Waals surface area contributed by atoms with E-state index < -0.39 is 11.7 Å². The molecule has 0 spiro atoms. The summed E-state index contributed by atoms with van der Waals surface area (Å²) in [6.07, 6.45) is 3.84. The maximum absolute atomic E-state index is 14.9. The number of carbonyl (C=O) groups is 1. The van der Waals surface area contributed by atoms with Crippen molar-refractivity contribution in [3.05, 3.63) is 77.5 Å². The Morgan fingerprint density at radius 3 is 2.65 bits per heavy atom. The standard InChI is InChI=1S/C28H30ClFN8O2/c1-31-28-34-17-33-25(36-28)20-7-5-12-32-27(20)40-19-9-10-22(30)21(16-19)26(39)35-23-15-18(29)8-11-24(23)38(4)14-6-13-37(2)3/h5,7-12,15-17H,6,13-14H2,1-4H3,(H,35,39)(H,31,33,34,36). The Hall–Kier alpha value is -4.35. The second kappa shape index (κ2) is 13.1. The summed E-state index contributed by atoms with van der Waals surface area (Å²) in [7, 11) is 7.66. The minimum absolute atomic E-state index is 0.185. The van der Waals surface area contributed by atoms with Crippen LogP contribution in [0.1, 0.15) is 16.8 Å². The van der Waals surface area contributed by atoms with Crippen molar-refractivity contribution in [3.8, 4) is 23.0 Å². The van der Waals surface area contributed by atoms with Crippen LogP contribution in [0.2, 0.25) is 5.02 Å². The van der Waals surface area contributed by atoms with Crippen molar-refractivity contribution in [1.82, 2.24) is 24.8 Å². The number of carbonyl (C=O) groups excluding carboxylic acids is 1. The fourth-order valence-electron chi connectivity index (χ4n) is 3.92. The minimum Gasteiger partial charge on any atom is -0.438 e. The van der Waals surface area contributed by atoms with Crippen LogP contribution in [0.4, 0.5) is 21.7 Å². The van der Waals surface area contributed by atoms with Gasteiger partial charge in [0.2, 0.25) is 11.8 Å². The van der Waals surface area contributed by atoms with E-state index in [0.717, 1.165) is 25.2 Å². The van der Waals surface area contributed by atoms with E-state index in [4.69, 9.17) is 16.3 Å². The highest BCUT2D eigenvalue weighted by atomic mass is 35.5. The van der Waals surface area contributed by atoms with Crippen LogP contribution in [-0.4, -0.2) is 72.0 Å². The summed E-state index contributed by atoms with van der Waals surface area (Å²) < 4.78 is 20.8. The highest BCUT2D eigenvalue weighted by Gasteiger charge is 2.18. The third kappa shape index (κ3) is 7.19. The van der Waals surface area contributed by atoms with E-state index in [1.54, 1.807) is 37.5 Å². The molecule has 208 valence electrons. The lowest BCUT2D eigenvalue weighted by Crippen LogP contribution is -2.25. The summed E-state index contributed by atoms with van der Waals surface area (Å²) >= 11 is 6.23. The van der Waals surface area contributed by atoms with Gasteiger partial charge in [-0.05, 0) is 75.6 Å². The van der Waals surface area contributed by atoms with Crippen molar-refractivity contribution in [3.63, 3.8) is 0 Å². The number of amides is 1. The van der Waals surface area contributed by atoms with Crippen LogP contribution < -0.4 is 20.3 Å². The molecule has 12 heteroatoms. The smallest absolute Gasteiger partial charge is 0.258 e. The lowest BCUT2D eigenvalue weighted by atomic mass is 10.1. The zero-order valence-electron chi connectivity index (χ0n) is 22.7. The van der Waals surface area contributed by atoms with Gasteiger partial charge in [-0.3, -0.25) is 4.79 Å². The maximum atomic E-state index is 14.9. The van der Waals surface area contributed by atoms with Gasteiger partial charge >= 0.3 is 0 Å². The van der Waals surface area contributed by atoms with Gasteiger partial charge < -0.3 is 25.2 Å². The van der Waals surface area contributed by atoms with Crippen molar-refractivity contribution >= 4 is 34.8 Å². The molecule has 2 heterocycles. The lowest BCUT2D eigenvalue weighted by molar-refractivity contribution is 0.102. The largest absolute Gasteiger partial charge is 0.438 e. The van der Waals surface area contributed by atoms with Gasteiger partial charge in [0.1, 0.15) is 17.9 Å². The van der Waals surface area contributed by atoms with Crippen LogP contribution in [0.3, 0.4) is 0 Å². The molecule has 0 radical (unpaired) electrons. The summed E-state index contributed by atoms with van der Waals surface area (Å²) in [5.41, 5.74) is 1.53. The summed E-state index contributed by atoms with van der Waals surface area (Å²) in [4.78, 5) is 34.2. The number of ether oxygens (including phenoxy) is 1.